The first kappa shape index (κ1) is 15.0. The van der Waals surface area contributed by atoms with Crippen LogP contribution in [0.5, 0.6) is 0 Å². The Labute approximate surface area is 122 Å². The fourth-order valence-electron chi connectivity index (χ4n) is 1.91. The van der Waals surface area contributed by atoms with E-state index in [0.717, 1.165) is 4.47 Å². The smallest absolute Gasteiger partial charge is 0.207 e. The number of hydrogen-bond donors (Lipinski definition) is 0. The molecule has 0 saturated heterocycles. The van der Waals surface area contributed by atoms with E-state index in [4.69, 9.17) is 0 Å². The molecular formula is C15H11BrF4. The molecule has 0 aliphatic heterocycles. The zero-order chi connectivity index (χ0) is 14.9. The van der Waals surface area contributed by atoms with Gasteiger partial charge in [-0.25, -0.2) is 17.6 Å². The van der Waals surface area contributed by atoms with E-state index < -0.39 is 24.0 Å². The molecule has 0 bridgehead atoms. The third-order valence-electron chi connectivity index (χ3n) is 2.82. The molecule has 0 nitrogen and oxygen atoms in total. The van der Waals surface area contributed by atoms with Crippen molar-refractivity contribution < 1.29 is 17.6 Å². The van der Waals surface area contributed by atoms with Crippen molar-refractivity contribution >= 4 is 15.9 Å². The first-order chi connectivity index (χ1) is 9.28. The lowest BCUT2D eigenvalue weighted by molar-refractivity contribution is 0.0216. The van der Waals surface area contributed by atoms with Crippen molar-refractivity contribution in [3.63, 3.8) is 0 Å². The molecule has 0 heterocycles. The molecule has 2 rings (SSSR count). The molecule has 0 fully saturated rings. The SMILES string of the molecule is CC(F)(F)Cc1ccc(-c2ccc(Br)cc2)c(F)c1F. The molecular weight excluding hydrogens is 336 g/mol. The maximum absolute atomic E-state index is 14.0. The van der Waals surface area contributed by atoms with E-state index in [-0.39, 0.29) is 11.1 Å². The van der Waals surface area contributed by atoms with Crippen molar-refractivity contribution in [2.45, 2.75) is 19.3 Å². The van der Waals surface area contributed by atoms with Gasteiger partial charge in [0.25, 0.3) is 0 Å². The van der Waals surface area contributed by atoms with Crippen LogP contribution >= 0.6 is 15.9 Å². The predicted molar refractivity (Wildman–Crippen MR) is 73.8 cm³/mol. The summed E-state index contributed by atoms with van der Waals surface area (Å²) in [6, 6.07) is 9.16. The number of rotatable bonds is 3. The van der Waals surface area contributed by atoms with Gasteiger partial charge in [-0.05, 0) is 30.2 Å². The molecule has 0 unspecified atom stereocenters. The molecule has 106 valence electrons. The summed E-state index contributed by atoms with van der Waals surface area (Å²) in [7, 11) is 0. The average molecular weight is 347 g/mol. The van der Waals surface area contributed by atoms with Crippen molar-refractivity contribution in [3.05, 3.63) is 58.1 Å². The van der Waals surface area contributed by atoms with Gasteiger partial charge in [0.15, 0.2) is 11.6 Å². The molecule has 0 spiro atoms. The minimum atomic E-state index is -3.08. The number of alkyl halides is 2. The molecule has 0 amide bonds. The van der Waals surface area contributed by atoms with Crippen LogP contribution in [0.1, 0.15) is 12.5 Å². The van der Waals surface area contributed by atoms with Crippen molar-refractivity contribution in [1.82, 2.24) is 0 Å². The lowest BCUT2D eigenvalue weighted by Gasteiger charge is -2.13. The van der Waals surface area contributed by atoms with Crippen LogP contribution in [0.15, 0.2) is 40.9 Å². The monoisotopic (exact) mass is 346 g/mol. The first-order valence-corrected chi connectivity index (χ1v) is 6.68. The van der Waals surface area contributed by atoms with Gasteiger partial charge in [0.2, 0.25) is 5.92 Å². The first-order valence-electron chi connectivity index (χ1n) is 5.88. The van der Waals surface area contributed by atoms with Gasteiger partial charge < -0.3 is 0 Å². The Balaban J connectivity index is 2.43. The fraction of sp³-hybridized carbons (Fsp3) is 0.200. The predicted octanol–water partition coefficient (Wildman–Crippen LogP) is 5.59. The quantitative estimate of drug-likeness (QED) is 0.635. The van der Waals surface area contributed by atoms with Gasteiger partial charge in [0, 0.05) is 16.5 Å². The Morgan fingerprint density at radius 2 is 1.55 bits per heavy atom. The van der Waals surface area contributed by atoms with Gasteiger partial charge in [0.1, 0.15) is 0 Å². The van der Waals surface area contributed by atoms with E-state index in [1.165, 1.54) is 12.1 Å². The average Bonchev–Trinajstić information content (AvgIpc) is 2.35. The van der Waals surface area contributed by atoms with Gasteiger partial charge in [0.05, 0.1) is 0 Å². The second-order valence-electron chi connectivity index (χ2n) is 4.65. The molecule has 20 heavy (non-hydrogen) atoms. The molecule has 2 aromatic carbocycles. The molecule has 0 N–H and O–H groups in total. The summed E-state index contributed by atoms with van der Waals surface area (Å²) in [5.74, 6) is -5.40. The Hall–Kier alpha value is -1.36. The van der Waals surface area contributed by atoms with Gasteiger partial charge in [-0.15, -0.1) is 0 Å². The van der Waals surface area contributed by atoms with Crippen molar-refractivity contribution in [2.75, 3.05) is 0 Å². The van der Waals surface area contributed by atoms with Gasteiger partial charge in [-0.1, -0.05) is 40.2 Å². The summed E-state index contributed by atoms with van der Waals surface area (Å²) >= 11 is 3.24. The Bertz CT molecular complexity index is 615. The van der Waals surface area contributed by atoms with E-state index >= 15 is 0 Å². The molecule has 0 radical (unpaired) electrons. The molecule has 0 aliphatic rings. The van der Waals surface area contributed by atoms with Crippen molar-refractivity contribution in [1.29, 1.82) is 0 Å². The van der Waals surface area contributed by atoms with Crippen LogP contribution in [0.3, 0.4) is 0 Å². The summed E-state index contributed by atoms with van der Waals surface area (Å²) in [6.45, 7) is 0.674. The minimum Gasteiger partial charge on any atom is -0.207 e. The van der Waals surface area contributed by atoms with Gasteiger partial charge >= 0.3 is 0 Å². The summed E-state index contributed by atoms with van der Waals surface area (Å²) in [5, 5.41) is 0. The molecule has 5 heteroatoms. The van der Waals surface area contributed by atoms with E-state index in [2.05, 4.69) is 15.9 Å². The van der Waals surface area contributed by atoms with Gasteiger partial charge in [-0.3, -0.25) is 0 Å². The van der Waals surface area contributed by atoms with E-state index in [0.29, 0.717) is 12.5 Å². The number of halogens is 5. The van der Waals surface area contributed by atoms with Crippen LogP contribution in [-0.2, 0) is 6.42 Å². The third-order valence-corrected chi connectivity index (χ3v) is 3.35. The highest BCUT2D eigenvalue weighted by Crippen LogP contribution is 2.29. The third kappa shape index (κ3) is 3.39. The van der Waals surface area contributed by atoms with E-state index in [9.17, 15) is 17.6 Å². The van der Waals surface area contributed by atoms with Crippen molar-refractivity contribution in [2.24, 2.45) is 0 Å². The largest absolute Gasteiger partial charge is 0.249 e. The Morgan fingerprint density at radius 1 is 0.950 bits per heavy atom. The van der Waals surface area contributed by atoms with Crippen LogP contribution in [0.25, 0.3) is 11.1 Å². The summed E-state index contributed by atoms with van der Waals surface area (Å²) in [6.07, 6.45) is -0.823. The molecule has 0 atom stereocenters. The summed E-state index contributed by atoms with van der Waals surface area (Å²) < 4.78 is 54.4. The fourth-order valence-corrected chi connectivity index (χ4v) is 2.18. The summed E-state index contributed by atoms with van der Waals surface area (Å²) in [4.78, 5) is 0. The minimum absolute atomic E-state index is 0.0539. The van der Waals surface area contributed by atoms with Crippen LogP contribution in [-0.4, -0.2) is 5.92 Å². The second kappa shape index (κ2) is 5.56. The maximum atomic E-state index is 14.0. The molecule has 2 aromatic rings. The number of hydrogen-bond acceptors (Lipinski definition) is 0. The highest BCUT2D eigenvalue weighted by Gasteiger charge is 2.25. The normalized spacial score (nSPS) is 11.7. The standard InChI is InChI=1S/C15H11BrF4/c1-15(19,20)8-10-4-7-12(14(18)13(10)17)9-2-5-11(16)6-3-9/h2-7H,8H2,1H3. The molecule has 0 aliphatic carbocycles. The number of benzene rings is 2. The Morgan fingerprint density at radius 3 is 2.10 bits per heavy atom. The lowest BCUT2D eigenvalue weighted by Crippen LogP contribution is -2.15. The zero-order valence-electron chi connectivity index (χ0n) is 10.6. The van der Waals surface area contributed by atoms with Crippen LogP contribution in [0, 0.1) is 11.6 Å². The topological polar surface area (TPSA) is 0 Å². The van der Waals surface area contributed by atoms with Crippen LogP contribution in [0.2, 0.25) is 0 Å². The molecule has 0 aromatic heterocycles. The Kier molecular flexibility index (Phi) is 4.18. The van der Waals surface area contributed by atoms with E-state index in [1.807, 2.05) is 0 Å². The summed E-state index contributed by atoms with van der Waals surface area (Å²) in [5.41, 5.74) is 0.216. The maximum Gasteiger partial charge on any atom is 0.249 e. The van der Waals surface area contributed by atoms with Crippen molar-refractivity contribution in [3.8, 4) is 11.1 Å². The lowest BCUT2D eigenvalue weighted by atomic mass is 10.00. The zero-order valence-corrected chi connectivity index (χ0v) is 12.1. The second-order valence-corrected chi connectivity index (χ2v) is 5.57. The van der Waals surface area contributed by atoms with E-state index in [1.54, 1.807) is 24.3 Å². The highest BCUT2D eigenvalue weighted by atomic mass is 79.9. The highest BCUT2D eigenvalue weighted by molar-refractivity contribution is 9.10. The molecule has 0 saturated carbocycles. The van der Waals surface area contributed by atoms with Gasteiger partial charge in [-0.2, -0.15) is 0 Å². The van der Waals surface area contributed by atoms with Crippen LogP contribution < -0.4 is 0 Å². The van der Waals surface area contributed by atoms with Crippen LogP contribution in [0.4, 0.5) is 17.6 Å².